The number of hydrogen-bond acceptors (Lipinski definition) is 2. The molecule has 1 heterocycles. The van der Waals surface area contributed by atoms with Gasteiger partial charge in [0.2, 0.25) is 0 Å². The van der Waals surface area contributed by atoms with E-state index in [1.807, 2.05) is 0 Å². The Bertz CT molecular complexity index is 103. The van der Waals surface area contributed by atoms with Crippen LogP contribution < -0.4 is 25.0 Å². The van der Waals surface area contributed by atoms with Gasteiger partial charge in [0.25, 0.3) is 0 Å². The van der Waals surface area contributed by atoms with Crippen LogP contribution in [-0.4, -0.2) is 28.6 Å². The molecule has 0 aromatic rings. The van der Waals surface area contributed by atoms with Crippen LogP contribution in [0.5, 0.6) is 0 Å². The number of alkyl halides is 1. The van der Waals surface area contributed by atoms with Crippen molar-refractivity contribution in [2.45, 2.75) is 17.4 Å². The van der Waals surface area contributed by atoms with Crippen LogP contribution in [0.15, 0.2) is 0 Å². The van der Waals surface area contributed by atoms with Crippen molar-refractivity contribution >= 4 is 0 Å². The van der Waals surface area contributed by atoms with Crippen molar-refractivity contribution in [1.82, 2.24) is 8.43 Å². The summed E-state index contributed by atoms with van der Waals surface area (Å²) in [5.41, 5.74) is 0. The third-order valence-corrected chi connectivity index (χ3v) is 4.81. The first-order valence-electron chi connectivity index (χ1n) is 3.22. The van der Waals surface area contributed by atoms with Gasteiger partial charge in [-0.25, -0.2) is 0 Å². The monoisotopic (exact) mass is 241 g/mol. The molecule has 0 bridgehead atoms. The molecule has 0 spiro atoms. The maximum atomic E-state index is 3.47. The molecule has 56 valence electrons. The van der Waals surface area contributed by atoms with E-state index in [0.29, 0.717) is 3.55 Å². The fourth-order valence-electron chi connectivity index (χ4n) is 0.759. The van der Waals surface area contributed by atoms with Crippen LogP contribution in [0.3, 0.4) is 0 Å². The van der Waals surface area contributed by atoms with Gasteiger partial charge in [0, 0.05) is 0 Å². The summed E-state index contributed by atoms with van der Waals surface area (Å²) in [7, 11) is 2.21. The van der Waals surface area contributed by atoms with Gasteiger partial charge in [0.1, 0.15) is 0 Å². The number of hydrogen-bond donors (Lipinski definition) is 1. The molecule has 0 aromatic carbocycles. The Balaban J connectivity index is 2.49. The Morgan fingerprint density at radius 2 is 2.22 bits per heavy atom. The molecule has 0 aromatic heterocycles. The Labute approximate surface area is 67.6 Å². The molecule has 3 heteroatoms. The van der Waals surface area contributed by atoms with Gasteiger partial charge in [-0.05, 0) is 0 Å². The number of nitrogens with zero attached hydrogens (tertiary/aromatic N) is 1. The third kappa shape index (κ3) is 1.78. The molecule has 1 aliphatic heterocycles. The Hall–Kier alpha value is 0.650. The summed E-state index contributed by atoms with van der Waals surface area (Å²) in [5, 5.41) is 0. The average Bonchev–Trinajstić information content (AvgIpc) is 1.77. The molecule has 1 N–H and O–H groups in total. The zero-order chi connectivity index (χ0) is 6.91. The van der Waals surface area contributed by atoms with Crippen molar-refractivity contribution in [2.24, 2.45) is 0 Å². The SMILES string of the molecule is CN1CCN[I-]C1(C)C. The number of halogens is 1. The average molecular weight is 241 g/mol. The molecule has 0 aliphatic carbocycles. The summed E-state index contributed by atoms with van der Waals surface area (Å²) in [6, 6.07) is 0. The predicted molar refractivity (Wildman–Crippen MR) is 34.7 cm³/mol. The molecule has 1 aliphatic rings. The van der Waals surface area contributed by atoms with E-state index < -0.39 is 0 Å². The molecular formula is C6H14IN2-. The molecule has 0 amide bonds. The molecular weight excluding hydrogens is 227 g/mol. The van der Waals surface area contributed by atoms with Gasteiger partial charge in [0.05, 0.1) is 0 Å². The topological polar surface area (TPSA) is 15.3 Å². The minimum atomic E-state index is 0.204. The van der Waals surface area contributed by atoms with Crippen molar-refractivity contribution in [3.05, 3.63) is 0 Å². The van der Waals surface area contributed by atoms with Crippen LogP contribution in [0.4, 0.5) is 0 Å². The van der Waals surface area contributed by atoms with E-state index in [1.165, 1.54) is 13.1 Å². The summed E-state index contributed by atoms with van der Waals surface area (Å²) in [4.78, 5) is 2.44. The normalized spacial score (nSPS) is 29.2. The summed E-state index contributed by atoms with van der Waals surface area (Å²) in [6.07, 6.45) is 0. The molecule has 1 saturated heterocycles. The zero-order valence-corrected chi connectivity index (χ0v) is 8.40. The molecule has 2 nitrogen and oxygen atoms in total. The standard InChI is InChI=1S/C6H14IN2/c1-6(2)7-8-4-5-9(6)3/h8H,4-5H2,1-3H3/q-1. The van der Waals surface area contributed by atoms with Crippen molar-refractivity contribution < 1.29 is 21.5 Å². The van der Waals surface area contributed by atoms with Crippen LogP contribution in [0.25, 0.3) is 0 Å². The number of nitrogens with one attached hydrogen (secondary N) is 1. The second-order valence-corrected chi connectivity index (χ2v) is 6.75. The Kier molecular flexibility index (Phi) is 2.34. The van der Waals surface area contributed by atoms with Crippen LogP contribution in [0.1, 0.15) is 13.8 Å². The van der Waals surface area contributed by atoms with E-state index in [4.69, 9.17) is 0 Å². The fraction of sp³-hybridized carbons (Fsp3) is 1.00. The molecule has 0 unspecified atom stereocenters. The van der Waals surface area contributed by atoms with E-state index in [-0.39, 0.29) is 21.5 Å². The van der Waals surface area contributed by atoms with Gasteiger partial charge in [-0.3, -0.25) is 0 Å². The summed E-state index contributed by atoms with van der Waals surface area (Å²) >= 11 is 0.204. The van der Waals surface area contributed by atoms with Crippen LogP contribution in [0.2, 0.25) is 0 Å². The van der Waals surface area contributed by atoms with Crippen LogP contribution in [-0.2, 0) is 0 Å². The van der Waals surface area contributed by atoms with Gasteiger partial charge in [-0.1, -0.05) is 0 Å². The van der Waals surface area contributed by atoms with Gasteiger partial charge in [0.15, 0.2) is 0 Å². The van der Waals surface area contributed by atoms with Crippen molar-refractivity contribution in [2.75, 3.05) is 20.1 Å². The Morgan fingerprint density at radius 3 is 2.56 bits per heavy atom. The van der Waals surface area contributed by atoms with E-state index in [9.17, 15) is 0 Å². The maximum absolute atomic E-state index is 3.47. The van der Waals surface area contributed by atoms with Crippen molar-refractivity contribution in [1.29, 1.82) is 0 Å². The predicted octanol–water partition coefficient (Wildman–Crippen LogP) is -2.74. The number of likely N-dealkylation sites (N-methyl/N-ethyl adjacent to an activating group) is 1. The quantitative estimate of drug-likeness (QED) is 0.214. The van der Waals surface area contributed by atoms with E-state index in [0.717, 1.165) is 0 Å². The molecule has 1 rings (SSSR count). The minimum absolute atomic E-state index is 0.204. The van der Waals surface area contributed by atoms with E-state index in [2.05, 4.69) is 29.3 Å². The summed E-state index contributed by atoms with van der Waals surface area (Å²) in [6.45, 7) is 7.01. The first-order valence-corrected chi connectivity index (χ1v) is 5.38. The second kappa shape index (κ2) is 2.72. The fourth-order valence-corrected chi connectivity index (χ4v) is 2.86. The molecule has 1 fully saturated rings. The summed E-state index contributed by atoms with van der Waals surface area (Å²) in [5.74, 6) is 0. The van der Waals surface area contributed by atoms with Crippen LogP contribution >= 0.6 is 0 Å². The molecule has 9 heavy (non-hydrogen) atoms. The Morgan fingerprint density at radius 1 is 1.56 bits per heavy atom. The molecule has 0 atom stereocenters. The van der Waals surface area contributed by atoms with Gasteiger partial charge < -0.3 is 0 Å². The van der Waals surface area contributed by atoms with Gasteiger partial charge in [-0.2, -0.15) is 0 Å². The van der Waals surface area contributed by atoms with Crippen LogP contribution in [0, 0.1) is 0 Å². The van der Waals surface area contributed by atoms with Crippen molar-refractivity contribution in [3.63, 3.8) is 0 Å². The van der Waals surface area contributed by atoms with E-state index >= 15 is 0 Å². The van der Waals surface area contributed by atoms with Crippen molar-refractivity contribution in [3.8, 4) is 0 Å². The summed E-state index contributed by atoms with van der Waals surface area (Å²) < 4.78 is 3.94. The van der Waals surface area contributed by atoms with Gasteiger partial charge >= 0.3 is 67.4 Å². The molecule has 0 saturated carbocycles. The van der Waals surface area contributed by atoms with Gasteiger partial charge in [-0.15, -0.1) is 0 Å². The second-order valence-electron chi connectivity index (χ2n) is 2.81. The third-order valence-electron chi connectivity index (χ3n) is 1.75. The molecule has 0 radical (unpaired) electrons. The zero-order valence-electron chi connectivity index (χ0n) is 6.24. The number of rotatable bonds is 0. The first-order chi connectivity index (χ1) is 4.13. The first kappa shape index (κ1) is 7.75. The van der Waals surface area contributed by atoms with E-state index in [1.54, 1.807) is 0 Å².